The summed E-state index contributed by atoms with van der Waals surface area (Å²) in [6, 6.07) is 0. The monoisotopic (exact) mass is 1020 g/mol. The second-order valence-corrected chi connectivity index (χ2v) is 18.4. The van der Waals surface area contributed by atoms with E-state index in [-0.39, 0.29) is 19.3 Å². The van der Waals surface area contributed by atoms with E-state index >= 15 is 0 Å². The smallest absolute Gasteiger partial charge is 0.461 e. The number of allylic oxidation sites excluding steroid dienone is 22. The van der Waals surface area contributed by atoms with Gasteiger partial charge < -0.3 is 24.2 Å². The molecule has 12 heteroatoms. The molecular formula is C60H93O11P. The summed E-state index contributed by atoms with van der Waals surface area (Å²) in [6.45, 7) is 4.11. The van der Waals surface area contributed by atoms with Gasteiger partial charge in [0.05, 0.1) is 32.7 Å². The molecule has 0 aliphatic carbocycles. The van der Waals surface area contributed by atoms with Crippen molar-refractivity contribution in [2.24, 2.45) is 0 Å². The summed E-state index contributed by atoms with van der Waals surface area (Å²) in [5.74, 6) is -1.81. The second kappa shape index (κ2) is 52.7. The molecule has 0 rings (SSSR count). The van der Waals surface area contributed by atoms with E-state index in [9.17, 15) is 28.9 Å². The van der Waals surface area contributed by atoms with Crippen molar-refractivity contribution in [2.45, 2.75) is 187 Å². The van der Waals surface area contributed by atoms with E-state index in [0.717, 1.165) is 96.3 Å². The van der Waals surface area contributed by atoms with Crippen LogP contribution in [0.4, 0.5) is 0 Å². The molecule has 404 valence electrons. The van der Waals surface area contributed by atoms with E-state index in [2.05, 4.69) is 118 Å². The number of unbranched alkanes of at least 4 members (excludes halogenated alkanes) is 8. The number of hydrogen-bond acceptors (Lipinski definition) is 10. The molecule has 2 N–H and O–H groups in total. The summed E-state index contributed by atoms with van der Waals surface area (Å²) in [6.07, 6.45) is 67.3. The first-order chi connectivity index (χ1) is 35.2. The summed E-state index contributed by atoms with van der Waals surface area (Å²) >= 11 is 0. The third-order valence-electron chi connectivity index (χ3n) is 10.3. The number of aliphatic hydroxyl groups excluding tert-OH is 1. The standard InChI is InChI=1S/C60H93O11P/c1-4-7-10-13-16-19-22-25-28-31-34-37-40-43-46-49-58(62)67-53-57(71-60(64)51-48-45-42-39-36-33-30-27-24-21-18-15-12-9-6-3)55-69-72(65,66)68-54-56(52-61)70-59(63)50-47-44-41-38-35-32-29-26-23-20-17-14-11-8-5-2/h7,9-10,12,16-21,25-30,34,36-37,39,43,45-46,48,56-57,61H,4-6,8,11,13-15,22-24,31-33,35,38,40-42,44,47,49-55H2,1-3H3,(H,65,66)/b10-7-,12-9-,19-16-,20-17-,21-18-,28-25-,29-26-,30-27-,37-34-,39-36-,46-43-,48-45-. The lowest BCUT2D eigenvalue weighted by atomic mass is 10.1. The maximum Gasteiger partial charge on any atom is 0.472 e. The average molecular weight is 1020 g/mol. The van der Waals surface area contributed by atoms with Crippen LogP contribution in [0.2, 0.25) is 0 Å². The molecule has 0 saturated heterocycles. The third-order valence-corrected chi connectivity index (χ3v) is 11.2. The van der Waals surface area contributed by atoms with Crippen LogP contribution >= 0.6 is 7.82 Å². The Hall–Kier alpha value is -4.64. The molecule has 0 aromatic carbocycles. The van der Waals surface area contributed by atoms with Crippen molar-refractivity contribution in [3.63, 3.8) is 0 Å². The van der Waals surface area contributed by atoms with Gasteiger partial charge in [-0.25, -0.2) is 4.57 Å². The first-order valence-electron chi connectivity index (χ1n) is 26.7. The largest absolute Gasteiger partial charge is 0.472 e. The van der Waals surface area contributed by atoms with Gasteiger partial charge in [0, 0.05) is 6.42 Å². The van der Waals surface area contributed by atoms with Crippen molar-refractivity contribution >= 4 is 25.7 Å². The highest BCUT2D eigenvalue weighted by molar-refractivity contribution is 7.47. The van der Waals surface area contributed by atoms with Crippen LogP contribution in [0.15, 0.2) is 146 Å². The topological polar surface area (TPSA) is 155 Å². The van der Waals surface area contributed by atoms with Crippen LogP contribution in [0.1, 0.15) is 175 Å². The van der Waals surface area contributed by atoms with Gasteiger partial charge in [-0.15, -0.1) is 0 Å². The number of ether oxygens (including phenoxy) is 3. The minimum atomic E-state index is -4.80. The number of carbonyl (C=O) groups excluding carboxylic acids is 3. The van der Waals surface area contributed by atoms with Crippen molar-refractivity contribution in [3.05, 3.63) is 146 Å². The number of rotatable bonds is 47. The number of carbonyl (C=O) groups is 3. The summed E-state index contributed by atoms with van der Waals surface area (Å²) in [7, 11) is -4.80. The van der Waals surface area contributed by atoms with Gasteiger partial charge in [-0.05, 0) is 103 Å². The molecule has 3 atom stereocenters. The minimum absolute atomic E-state index is 0.0342. The van der Waals surface area contributed by atoms with Gasteiger partial charge in [0.2, 0.25) is 0 Å². The molecule has 0 aromatic rings. The maximum atomic E-state index is 12.9. The highest BCUT2D eigenvalue weighted by Gasteiger charge is 2.28. The molecule has 0 aliphatic rings. The molecule has 72 heavy (non-hydrogen) atoms. The van der Waals surface area contributed by atoms with Gasteiger partial charge in [-0.3, -0.25) is 23.4 Å². The average Bonchev–Trinajstić information content (AvgIpc) is 3.37. The molecule has 0 spiro atoms. The molecule has 3 unspecified atom stereocenters. The SMILES string of the molecule is CC/C=C\C/C=C\C/C=C\C/C=C\C/C=C\CC(=O)OCC(COP(=O)(O)OCC(CO)OC(=O)CCCCCCC/C=C\C/C=C\CCCCC)OC(=O)C/C=C\C/C=C\C/C=C\C/C=C\C/C=C\CC. The Kier molecular flexibility index (Phi) is 49.3. The van der Waals surface area contributed by atoms with Crippen LogP contribution in [-0.2, 0) is 42.2 Å². The number of hydrogen-bond donors (Lipinski definition) is 2. The highest BCUT2D eigenvalue weighted by atomic mass is 31.2. The Bertz CT molecular complexity index is 1760. The fraction of sp³-hybridized carbons (Fsp3) is 0.550. The first-order valence-corrected chi connectivity index (χ1v) is 28.2. The third kappa shape index (κ3) is 50.3. The zero-order chi connectivity index (χ0) is 52.7. The number of phosphoric acid groups is 1. The Morgan fingerprint density at radius 3 is 1.22 bits per heavy atom. The van der Waals surface area contributed by atoms with Crippen LogP contribution in [0, 0.1) is 0 Å². The summed E-state index contributed by atoms with van der Waals surface area (Å²) in [4.78, 5) is 48.3. The molecule has 0 aromatic heterocycles. The highest BCUT2D eigenvalue weighted by Crippen LogP contribution is 2.43. The zero-order valence-corrected chi connectivity index (χ0v) is 45.2. The van der Waals surface area contributed by atoms with Gasteiger partial charge in [-0.2, -0.15) is 0 Å². The van der Waals surface area contributed by atoms with Crippen LogP contribution in [0.25, 0.3) is 0 Å². The van der Waals surface area contributed by atoms with E-state index in [1.807, 2.05) is 36.5 Å². The first kappa shape index (κ1) is 67.4. The second-order valence-electron chi connectivity index (χ2n) is 17.0. The Labute approximate surface area is 435 Å². The number of esters is 3. The van der Waals surface area contributed by atoms with Gasteiger partial charge in [0.15, 0.2) is 6.10 Å². The van der Waals surface area contributed by atoms with Crippen molar-refractivity contribution < 1.29 is 52.2 Å². The lowest BCUT2D eigenvalue weighted by Gasteiger charge is -2.21. The van der Waals surface area contributed by atoms with Gasteiger partial charge in [0.25, 0.3) is 0 Å². The molecule has 0 aliphatic heterocycles. The predicted molar refractivity (Wildman–Crippen MR) is 297 cm³/mol. The molecule has 0 fully saturated rings. The Morgan fingerprint density at radius 2 is 0.778 bits per heavy atom. The van der Waals surface area contributed by atoms with Gasteiger partial charge >= 0.3 is 25.7 Å². The molecule has 0 heterocycles. The molecular weight excluding hydrogens is 928 g/mol. The Balaban J connectivity index is 4.98. The molecule has 0 amide bonds. The van der Waals surface area contributed by atoms with Crippen molar-refractivity contribution in [2.75, 3.05) is 26.4 Å². The van der Waals surface area contributed by atoms with Crippen molar-refractivity contribution in [1.29, 1.82) is 0 Å². The number of aliphatic hydroxyl groups is 1. The minimum Gasteiger partial charge on any atom is -0.461 e. The quantitative estimate of drug-likeness (QED) is 0.0197. The summed E-state index contributed by atoms with van der Waals surface area (Å²) in [5.41, 5.74) is 0. The van der Waals surface area contributed by atoms with E-state index in [4.69, 9.17) is 23.3 Å². The van der Waals surface area contributed by atoms with E-state index in [0.29, 0.717) is 19.3 Å². The van der Waals surface area contributed by atoms with Crippen LogP contribution < -0.4 is 0 Å². The zero-order valence-electron chi connectivity index (χ0n) is 44.3. The van der Waals surface area contributed by atoms with Crippen molar-refractivity contribution in [3.8, 4) is 0 Å². The molecule has 11 nitrogen and oxygen atoms in total. The number of phosphoric ester groups is 1. The van der Waals surface area contributed by atoms with Crippen LogP contribution in [-0.4, -0.2) is 66.5 Å². The van der Waals surface area contributed by atoms with Gasteiger partial charge in [0.1, 0.15) is 12.7 Å². The van der Waals surface area contributed by atoms with Gasteiger partial charge in [-0.1, -0.05) is 199 Å². The molecule has 0 saturated carbocycles. The fourth-order valence-electron chi connectivity index (χ4n) is 6.30. The molecule has 0 bridgehead atoms. The predicted octanol–water partition coefficient (Wildman–Crippen LogP) is 15.6. The van der Waals surface area contributed by atoms with E-state index in [1.54, 1.807) is 12.2 Å². The van der Waals surface area contributed by atoms with E-state index < -0.39 is 64.4 Å². The van der Waals surface area contributed by atoms with E-state index in [1.165, 1.54) is 19.3 Å². The lowest BCUT2D eigenvalue weighted by molar-refractivity contribution is -0.160. The summed E-state index contributed by atoms with van der Waals surface area (Å²) in [5, 5.41) is 9.79. The normalized spacial score (nSPS) is 14.6. The lowest BCUT2D eigenvalue weighted by Crippen LogP contribution is -2.30. The van der Waals surface area contributed by atoms with Crippen LogP contribution in [0.5, 0.6) is 0 Å². The maximum absolute atomic E-state index is 12.9. The van der Waals surface area contributed by atoms with Crippen molar-refractivity contribution in [1.82, 2.24) is 0 Å². The molecule has 0 radical (unpaired) electrons. The fourth-order valence-corrected chi connectivity index (χ4v) is 7.08. The Morgan fingerprint density at radius 1 is 0.417 bits per heavy atom. The van der Waals surface area contributed by atoms with Crippen LogP contribution in [0.3, 0.4) is 0 Å². The summed E-state index contributed by atoms with van der Waals surface area (Å²) < 4.78 is 39.1.